The second kappa shape index (κ2) is 12.8. The number of rotatable bonds is 12. The number of nitrogens with one attached hydrogen (secondary N) is 2. The van der Waals surface area contributed by atoms with Crippen molar-refractivity contribution >= 4 is 23.4 Å². The van der Waals surface area contributed by atoms with Crippen LogP contribution < -0.4 is 15.4 Å². The molecule has 3 aliphatic heterocycles. The number of methoxy groups -OCH3 is 1. The van der Waals surface area contributed by atoms with Crippen LogP contribution in [0.1, 0.15) is 59.3 Å². The Hall–Kier alpha value is -2.91. The third-order valence-corrected chi connectivity index (χ3v) is 10.1. The fourth-order valence-corrected chi connectivity index (χ4v) is 7.51. The summed E-state index contributed by atoms with van der Waals surface area (Å²) in [5.74, 6) is -0.503. The topological polar surface area (TPSA) is 100 Å². The van der Waals surface area contributed by atoms with Gasteiger partial charge in [0.2, 0.25) is 17.7 Å². The summed E-state index contributed by atoms with van der Waals surface area (Å²) >= 11 is 0. The monoisotopic (exact) mass is 580 g/mol. The summed E-state index contributed by atoms with van der Waals surface area (Å²) in [5, 5.41) is 6.31. The summed E-state index contributed by atoms with van der Waals surface area (Å²) in [7, 11) is 3.69. The number of fused-ring (bicyclic) bond motifs is 1. The summed E-state index contributed by atoms with van der Waals surface area (Å²) in [6.45, 7) is 8.89. The Bertz CT molecular complexity index is 1170. The van der Waals surface area contributed by atoms with Crippen molar-refractivity contribution in [3.63, 3.8) is 0 Å². The first-order chi connectivity index (χ1) is 20.2. The van der Waals surface area contributed by atoms with Crippen molar-refractivity contribution in [1.82, 2.24) is 15.1 Å². The highest BCUT2D eigenvalue weighted by molar-refractivity contribution is 6.02. The Morgan fingerprint density at radius 2 is 1.86 bits per heavy atom. The fraction of sp³-hybridized carbons (Fsp3) is 0.667. The van der Waals surface area contributed by atoms with Crippen LogP contribution in [0.4, 0.5) is 5.69 Å². The zero-order chi connectivity index (χ0) is 30.0. The van der Waals surface area contributed by atoms with Gasteiger partial charge in [-0.15, -0.1) is 0 Å². The molecule has 2 N–H and O–H groups in total. The van der Waals surface area contributed by atoms with E-state index >= 15 is 0 Å². The van der Waals surface area contributed by atoms with E-state index < -0.39 is 29.6 Å². The van der Waals surface area contributed by atoms with Gasteiger partial charge in [-0.1, -0.05) is 52.2 Å². The van der Waals surface area contributed by atoms with Crippen LogP contribution in [0.25, 0.3) is 0 Å². The summed E-state index contributed by atoms with van der Waals surface area (Å²) in [6.07, 6.45) is 9.38. The van der Waals surface area contributed by atoms with Crippen molar-refractivity contribution in [2.24, 2.45) is 23.7 Å². The van der Waals surface area contributed by atoms with E-state index in [4.69, 9.17) is 9.47 Å². The normalized spacial score (nSPS) is 33.2. The van der Waals surface area contributed by atoms with Crippen LogP contribution in [0, 0.1) is 23.7 Å². The summed E-state index contributed by atoms with van der Waals surface area (Å²) in [4.78, 5) is 46.1. The molecule has 1 saturated carbocycles. The second-order valence-corrected chi connectivity index (χ2v) is 12.8. The molecule has 2 bridgehead atoms. The Morgan fingerprint density at radius 3 is 2.57 bits per heavy atom. The number of ether oxygens (including phenoxy) is 2. The van der Waals surface area contributed by atoms with Crippen molar-refractivity contribution in [3.05, 3.63) is 36.4 Å². The number of likely N-dealkylation sites (tertiary alicyclic amines) is 1. The highest BCUT2D eigenvalue weighted by atomic mass is 16.5. The van der Waals surface area contributed by atoms with Crippen LogP contribution in [0.15, 0.2) is 36.4 Å². The average Bonchev–Trinajstić information content (AvgIpc) is 3.62. The molecule has 1 spiro atoms. The zero-order valence-corrected chi connectivity index (χ0v) is 25.8. The van der Waals surface area contributed by atoms with Crippen molar-refractivity contribution in [1.29, 1.82) is 0 Å². The SMILES string of the molecule is CCCCN(C)CCCN1C(=O)[C@H]2[C@H](C(=O)Nc3ccc(OC)cc3)[C@H]3C=C[C@@]2(O3)[C@@H]1C(=O)N[C@@H]1CCC[C@@H](C)[C@H]1C. The minimum Gasteiger partial charge on any atom is -0.497 e. The second-order valence-electron chi connectivity index (χ2n) is 12.8. The van der Waals surface area contributed by atoms with Crippen LogP contribution >= 0.6 is 0 Å². The number of carbonyl (C=O) groups is 3. The average molecular weight is 581 g/mol. The van der Waals surface area contributed by atoms with E-state index in [9.17, 15) is 14.4 Å². The standard InChI is InChI=1S/C33H48N4O5/c1-6-7-18-36(4)19-9-20-37-29(31(39)35-25-11-8-10-21(2)22(25)3)33-17-16-26(42-33)27(28(33)32(37)40)30(38)34-23-12-14-24(41-5)15-13-23/h12-17,21-22,25-29H,6-11,18-20H2,1-5H3,(H,34,38)(H,35,39)/t21-,22-,25-,26-,27-,28-,29+,33+/m1/s1. The quantitative estimate of drug-likeness (QED) is 0.365. The maximum absolute atomic E-state index is 14.2. The number of carbonyl (C=O) groups excluding carboxylic acids is 3. The van der Waals surface area contributed by atoms with Crippen LogP contribution in [0.2, 0.25) is 0 Å². The molecule has 1 aromatic rings. The predicted molar refractivity (Wildman–Crippen MR) is 162 cm³/mol. The van der Waals surface area contributed by atoms with Gasteiger partial charge in [0.1, 0.15) is 17.4 Å². The van der Waals surface area contributed by atoms with Crippen molar-refractivity contribution in [2.75, 3.05) is 39.1 Å². The number of nitrogens with zero attached hydrogens (tertiary/aromatic N) is 2. The highest BCUT2D eigenvalue weighted by Crippen LogP contribution is 2.55. The molecule has 0 radical (unpaired) electrons. The summed E-state index contributed by atoms with van der Waals surface area (Å²) in [5.41, 5.74) is -0.528. The van der Waals surface area contributed by atoms with Crippen LogP contribution in [0.5, 0.6) is 5.75 Å². The van der Waals surface area contributed by atoms with Gasteiger partial charge in [-0.05, 0) is 75.5 Å². The lowest BCUT2D eigenvalue weighted by molar-refractivity contribution is -0.141. The molecular weight excluding hydrogens is 532 g/mol. The Labute approximate surface area is 250 Å². The predicted octanol–water partition coefficient (Wildman–Crippen LogP) is 3.85. The van der Waals surface area contributed by atoms with Gasteiger partial charge in [-0.2, -0.15) is 0 Å². The Kier molecular flexibility index (Phi) is 9.28. The summed E-state index contributed by atoms with van der Waals surface area (Å²) in [6, 6.07) is 6.36. The zero-order valence-electron chi connectivity index (χ0n) is 25.8. The first-order valence-electron chi connectivity index (χ1n) is 15.8. The lowest BCUT2D eigenvalue weighted by Gasteiger charge is -2.38. The van der Waals surface area contributed by atoms with E-state index in [1.54, 1.807) is 36.3 Å². The van der Waals surface area contributed by atoms with Crippen LogP contribution in [0.3, 0.4) is 0 Å². The highest BCUT2D eigenvalue weighted by Gasteiger charge is 2.72. The van der Waals surface area contributed by atoms with Gasteiger partial charge in [-0.3, -0.25) is 14.4 Å². The molecule has 3 heterocycles. The van der Waals surface area contributed by atoms with Crippen molar-refractivity contribution in [3.8, 4) is 5.75 Å². The molecule has 1 aromatic carbocycles. The number of unbranched alkanes of at least 4 members (excludes halogenated alkanes) is 1. The van der Waals surface area contributed by atoms with Crippen LogP contribution in [-0.2, 0) is 19.1 Å². The van der Waals surface area contributed by atoms with E-state index in [0.717, 1.165) is 51.6 Å². The molecule has 0 aromatic heterocycles. The third kappa shape index (κ3) is 5.70. The maximum atomic E-state index is 14.2. The number of hydrogen-bond acceptors (Lipinski definition) is 6. The molecule has 3 fully saturated rings. The lowest BCUT2D eigenvalue weighted by atomic mass is 9.73. The molecule has 42 heavy (non-hydrogen) atoms. The van der Waals surface area contributed by atoms with Crippen LogP contribution in [-0.4, -0.2) is 85.1 Å². The molecule has 0 unspecified atom stereocenters. The van der Waals surface area contributed by atoms with Gasteiger partial charge < -0.3 is 29.9 Å². The van der Waals surface area contributed by atoms with E-state index in [1.807, 2.05) is 12.2 Å². The lowest BCUT2D eigenvalue weighted by Crippen LogP contribution is -2.58. The van der Waals surface area contributed by atoms with Gasteiger partial charge in [0.25, 0.3) is 0 Å². The number of hydrogen-bond donors (Lipinski definition) is 2. The molecule has 8 atom stereocenters. The third-order valence-electron chi connectivity index (χ3n) is 10.1. The largest absolute Gasteiger partial charge is 0.497 e. The van der Waals surface area contributed by atoms with Gasteiger partial charge in [0.15, 0.2) is 0 Å². The molecule has 9 heteroatoms. The van der Waals surface area contributed by atoms with E-state index in [-0.39, 0.29) is 23.8 Å². The first-order valence-corrected chi connectivity index (χ1v) is 15.8. The van der Waals surface area contributed by atoms with Gasteiger partial charge in [-0.25, -0.2) is 0 Å². The molecule has 4 aliphatic rings. The van der Waals surface area contributed by atoms with Gasteiger partial charge >= 0.3 is 0 Å². The van der Waals surface area contributed by atoms with Crippen molar-refractivity contribution < 1.29 is 23.9 Å². The molecule has 9 nitrogen and oxygen atoms in total. The summed E-state index contributed by atoms with van der Waals surface area (Å²) < 4.78 is 11.7. The molecule has 5 rings (SSSR count). The minimum atomic E-state index is -1.15. The number of amides is 3. The van der Waals surface area contributed by atoms with E-state index in [1.165, 1.54) is 0 Å². The first kappa shape index (κ1) is 30.5. The Balaban J connectivity index is 1.38. The minimum absolute atomic E-state index is 0.0607. The molecular formula is C33H48N4O5. The number of benzene rings is 1. The molecule has 1 aliphatic carbocycles. The van der Waals surface area contributed by atoms with E-state index in [2.05, 4.69) is 43.4 Å². The van der Waals surface area contributed by atoms with Gasteiger partial charge in [0, 0.05) is 18.3 Å². The molecule has 2 saturated heterocycles. The maximum Gasteiger partial charge on any atom is 0.246 e. The smallest absolute Gasteiger partial charge is 0.246 e. The van der Waals surface area contributed by atoms with E-state index in [0.29, 0.717) is 29.8 Å². The number of anilines is 1. The molecule has 230 valence electrons. The Morgan fingerprint density at radius 1 is 1.12 bits per heavy atom. The molecule has 3 amide bonds. The fourth-order valence-electron chi connectivity index (χ4n) is 7.51. The van der Waals surface area contributed by atoms with Crippen molar-refractivity contribution in [2.45, 2.75) is 83.1 Å². The van der Waals surface area contributed by atoms with Gasteiger partial charge in [0.05, 0.1) is 25.0 Å².